The van der Waals surface area contributed by atoms with Gasteiger partial charge in [-0.25, -0.2) is 0 Å². The molecule has 0 N–H and O–H groups in total. The first-order valence-corrected chi connectivity index (χ1v) is 11.4. The van der Waals surface area contributed by atoms with Crippen molar-refractivity contribution in [2.45, 2.75) is 120 Å². The molecule has 0 aromatic heterocycles. The number of hydrogen-bond acceptors (Lipinski definition) is 1. The van der Waals surface area contributed by atoms with E-state index in [9.17, 15) is 0 Å². The molecule has 0 bridgehead atoms. The summed E-state index contributed by atoms with van der Waals surface area (Å²) >= 11 is 0. The van der Waals surface area contributed by atoms with Crippen LogP contribution in [0.4, 0.5) is 0 Å². The smallest absolute Gasteiger partial charge is 0.0632 e. The first kappa shape index (κ1) is 25.0. The van der Waals surface area contributed by atoms with Crippen molar-refractivity contribution in [1.29, 1.82) is 0 Å². The first-order chi connectivity index (χ1) is 11.7. The van der Waals surface area contributed by atoms with Crippen molar-refractivity contribution in [3.05, 3.63) is 0 Å². The maximum absolute atomic E-state index is 7.05. The second kappa shape index (κ2) is 13.2. The Bertz CT molecular complexity index is 283. The first-order valence-electron chi connectivity index (χ1n) is 11.4. The molecule has 0 saturated carbocycles. The fourth-order valence-electron chi connectivity index (χ4n) is 4.36. The molecule has 152 valence electrons. The van der Waals surface area contributed by atoms with E-state index in [1.54, 1.807) is 0 Å². The van der Waals surface area contributed by atoms with Gasteiger partial charge < -0.3 is 4.74 Å². The van der Waals surface area contributed by atoms with E-state index in [2.05, 4.69) is 69.2 Å². The molecular weight excluding hydrogens is 304 g/mol. The van der Waals surface area contributed by atoms with Crippen molar-refractivity contribution < 1.29 is 4.74 Å². The topological polar surface area (TPSA) is 9.23 Å². The van der Waals surface area contributed by atoms with Crippen LogP contribution in [0.15, 0.2) is 0 Å². The Morgan fingerprint density at radius 3 is 1.08 bits per heavy atom. The van der Waals surface area contributed by atoms with Gasteiger partial charge in [-0.2, -0.15) is 0 Å². The van der Waals surface area contributed by atoms with Crippen molar-refractivity contribution >= 4 is 0 Å². The van der Waals surface area contributed by atoms with Gasteiger partial charge in [0.1, 0.15) is 0 Å². The summed E-state index contributed by atoms with van der Waals surface area (Å²) in [5.41, 5.74) is 0. The SMILES string of the molecule is CCCC(C)C(OC(C(C)CCC)C(C)C(C)CC)C(C)C(C)CC. The lowest BCUT2D eigenvalue weighted by Gasteiger charge is -2.41. The van der Waals surface area contributed by atoms with Gasteiger partial charge in [-0.1, -0.05) is 94.9 Å². The zero-order chi connectivity index (χ0) is 19.6. The third-order valence-electron chi connectivity index (χ3n) is 7.04. The Kier molecular flexibility index (Phi) is 13.2. The largest absolute Gasteiger partial charge is 0.374 e. The van der Waals surface area contributed by atoms with Gasteiger partial charge in [0.05, 0.1) is 12.2 Å². The van der Waals surface area contributed by atoms with Crippen molar-refractivity contribution in [1.82, 2.24) is 0 Å². The molecule has 1 heteroatoms. The van der Waals surface area contributed by atoms with Gasteiger partial charge in [-0.15, -0.1) is 0 Å². The molecule has 0 radical (unpaired) electrons. The standard InChI is InChI=1S/C24H50O/c1-11-15-19(7)23(21(9)17(5)13-3)25-24(20(8)16-12-2)22(10)18(6)14-4/h17-24H,11-16H2,1-10H3. The van der Waals surface area contributed by atoms with E-state index in [1.807, 2.05) is 0 Å². The van der Waals surface area contributed by atoms with Crippen LogP contribution in [0.2, 0.25) is 0 Å². The zero-order valence-electron chi connectivity index (χ0n) is 19.3. The summed E-state index contributed by atoms with van der Waals surface area (Å²) in [5, 5.41) is 0. The molecule has 8 atom stereocenters. The van der Waals surface area contributed by atoms with Crippen LogP contribution < -0.4 is 0 Å². The maximum Gasteiger partial charge on any atom is 0.0632 e. The normalized spacial score (nSPS) is 21.8. The molecule has 0 aliphatic carbocycles. The molecule has 0 fully saturated rings. The molecule has 8 unspecified atom stereocenters. The number of ether oxygens (including phenoxy) is 1. The molecule has 0 rings (SSSR count). The lowest BCUT2D eigenvalue weighted by Crippen LogP contribution is -2.42. The van der Waals surface area contributed by atoms with Crippen LogP contribution >= 0.6 is 0 Å². The quantitative estimate of drug-likeness (QED) is 0.307. The van der Waals surface area contributed by atoms with Crippen LogP contribution in [0.3, 0.4) is 0 Å². The second-order valence-electron chi connectivity index (χ2n) is 9.09. The third kappa shape index (κ3) is 8.02. The Morgan fingerprint density at radius 2 is 0.840 bits per heavy atom. The lowest BCUT2D eigenvalue weighted by molar-refractivity contribution is -0.125. The Morgan fingerprint density at radius 1 is 0.520 bits per heavy atom. The van der Waals surface area contributed by atoms with E-state index >= 15 is 0 Å². The molecule has 1 nitrogen and oxygen atoms in total. The van der Waals surface area contributed by atoms with Gasteiger partial charge in [-0.3, -0.25) is 0 Å². The minimum Gasteiger partial charge on any atom is -0.374 e. The van der Waals surface area contributed by atoms with E-state index in [1.165, 1.54) is 38.5 Å². The van der Waals surface area contributed by atoms with Crippen LogP contribution in [0.1, 0.15) is 108 Å². The van der Waals surface area contributed by atoms with Crippen molar-refractivity contribution in [2.24, 2.45) is 35.5 Å². The minimum atomic E-state index is 0.394. The number of rotatable bonds is 14. The molecule has 0 amide bonds. The zero-order valence-corrected chi connectivity index (χ0v) is 19.3. The molecule has 0 aliphatic heterocycles. The van der Waals surface area contributed by atoms with E-state index in [-0.39, 0.29) is 0 Å². The average molecular weight is 355 g/mol. The van der Waals surface area contributed by atoms with Gasteiger partial charge in [0, 0.05) is 0 Å². The summed E-state index contributed by atoms with van der Waals surface area (Å²) in [6, 6.07) is 0. The summed E-state index contributed by atoms with van der Waals surface area (Å²) in [7, 11) is 0. The highest BCUT2D eigenvalue weighted by Gasteiger charge is 2.34. The highest BCUT2D eigenvalue weighted by atomic mass is 16.5. The number of hydrogen-bond donors (Lipinski definition) is 0. The lowest BCUT2D eigenvalue weighted by atomic mass is 9.79. The van der Waals surface area contributed by atoms with E-state index in [0.717, 1.165) is 11.8 Å². The van der Waals surface area contributed by atoms with Gasteiger partial charge in [0.25, 0.3) is 0 Å². The summed E-state index contributed by atoms with van der Waals surface area (Å²) in [6.45, 7) is 23.8. The van der Waals surface area contributed by atoms with Gasteiger partial charge in [0.15, 0.2) is 0 Å². The summed E-state index contributed by atoms with van der Waals surface area (Å²) in [6.07, 6.45) is 8.34. The van der Waals surface area contributed by atoms with Crippen LogP contribution in [-0.4, -0.2) is 12.2 Å². The molecule has 0 heterocycles. The molecule has 0 aromatic rings. The highest BCUT2D eigenvalue weighted by Crippen LogP contribution is 2.35. The average Bonchev–Trinajstić information content (AvgIpc) is 2.60. The molecule has 0 saturated heterocycles. The van der Waals surface area contributed by atoms with Gasteiger partial charge in [0.2, 0.25) is 0 Å². The summed E-state index contributed by atoms with van der Waals surface area (Å²) in [5.74, 6) is 4.01. The maximum atomic E-state index is 7.05. The Balaban J connectivity index is 5.47. The van der Waals surface area contributed by atoms with Crippen LogP contribution in [-0.2, 0) is 4.74 Å². The molecule has 0 aromatic carbocycles. The van der Waals surface area contributed by atoms with Crippen LogP contribution in [0.5, 0.6) is 0 Å². The summed E-state index contributed by atoms with van der Waals surface area (Å²) < 4.78 is 7.05. The van der Waals surface area contributed by atoms with Gasteiger partial charge >= 0.3 is 0 Å². The molecule has 25 heavy (non-hydrogen) atoms. The molecule has 0 spiro atoms. The van der Waals surface area contributed by atoms with E-state index < -0.39 is 0 Å². The van der Waals surface area contributed by atoms with Gasteiger partial charge in [-0.05, 0) is 48.3 Å². The highest BCUT2D eigenvalue weighted by molar-refractivity contribution is 4.82. The van der Waals surface area contributed by atoms with Crippen molar-refractivity contribution in [2.75, 3.05) is 0 Å². The Hall–Kier alpha value is -0.0400. The summed E-state index contributed by atoms with van der Waals surface area (Å²) in [4.78, 5) is 0. The predicted molar refractivity (Wildman–Crippen MR) is 114 cm³/mol. The van der Waals surface area contributed by atoms with Crippen LogP contribution in [0, 0.1) is 35.5 Å². The van der Waals surface area contributed by atoms with Crippen molar-refractivity contribution in [3.8, 4) is 0 Å². The predicted octanol–water partition coefficient (Wildman–Crippen LogP) is 7.98. The minimum absolute atomic E-state index is 0.394. The van der Waals surface area contributed by atoms with Crippen LogP contribution in [0.25, 0.3) is 0 Å². The fourth-order valence-corrected chi connectivity index (χ4v) is 4.36. The Labute approximate surface area is 160 Å². The fraction of sp³-hybridized carbons (Fsp3) is 1.00. The van der Waals surface area contributed by atoms with E-state index in [4.69, 9.17) is 4.74 Å². The molecular formula is C24H50O. The second-order valence-corrected chi connectivity index (χ2v) is 9.09. The molecule has 0 aliphatic rings. The third-order valence-corrected chi connectivity index (χ3v) is 7.04. The van der Waals surface area contributed by atoms with E-state index in [0.29, 0.717) is 35.9 Å². The monoisotopic (exact) mass is 354 g/mol. The van der Waals surface area contributed by atoms with Crippen molar-refractivity contribution in [3.63, 3.8) is 0 Å².